The molecule has 2 N–H and O–H groups in total. The smallest absolute Gasteiger partial charge is 0.337 e. The SMILES string of the molecule is CCOc1nc2cccc(C(=O)O)c2n1Cc1ccc(-n2cc(Br)cc2-c2nnn[nH]2)cc1. The molecule has 0 aliphatic rings. The second kappa shape index (κ2) is 8.51. The van der Waals surface area contributed by atoms with Crippen molar-refractivity contribution >= 4 is 32.9 Å². The number of hydrogen-bond donors (Lipinski definition) is 2. The summed E-state index contributed by atoms with van der Waals surface area (Å²) in [5.74, 6) is -0.454. The average molecular weight is 508 g/mol. The van der Waals surface area contributed by atoms with E-state index in [-0.39, 0.29) is 5.56 Å². The quantitative estimate of drug-likeness (QED) is 0.342. The number of imidazole rings is 1. The highest BCUT2D eigenvalue weighted by atomic mass is 79.9. The Morgan fingerprint density at radius 1 is 1.21 bits per heavy atom. The van der Waals surface area contributed by atoms with Crippen molar-refractivity contribution in [2.24, 2.45) is 0 Å². The molecule has 3 heterocycles. The normalized spacial score (nSPS) is 11.2. The highest BCUT2D eigenvalue weighted by molar-refractivity contribution is 9.10. The number of aromatic amines is 1. The van der Waals surface area contributed by atoms with Crippen LogP contribution in [0.25, 0.3) is 28.2 Å². The van der Waals surface area contributed by atoms with Gasteiger partial charge in [0.25, 0.3) is 6.01 Å². The Hall–Kier alpha value is -3.99. The molecule has 0 saturated carbocycles. The summed E-state index contributed by atoms with van der Waals surface area (Å²) in [5.41, 5.74) is 4.00. The lowest BCUT2D eigenvalue weighted by Crippen LogP contribution is -2.08. The number of rotatable bonds is 7. The zero-order chi connectivity index (χ0) is 22.9. The largest absolute Gasteiger partial charge is 0.478 e. The van der Waals surface area contributed by atoms with Crippen LogP contribution in [0.4, 0.5) is 0 Å². The number of aromatic nitrogens is 7. The van der Waals surface area contributed by atoms with Crippen molar-refractivity contribution in [1.29, 1.82) is 0 Å². The second-order valence-electron chi connectivity index (χ2n) is 7.22. The number of tetrazole rings is 1. The minimum atomic E-state index is -1.01. The van der Waals surface area contributed by atoms with Crippen LogP contribution in [0, 0.1) is 0 Å². The summed E-state index contributed by atoms with van der Waals surface area (Å²) in [6.45, 7) is 2.70. The van der Waals surface area contributed by atoms with Gasteiger partial charge in [0.15, 0.2) is 5.82 Å². The van der Waals surface area contributed by atoms with E-state index in [0.29, 0.717) is 36.0 Å². The van der Waals surface area contributed by atoms with Crippen LogP contribution >= 0.6 is 15.9 Å². The number of fused-ring (bicyclic) bond motifs is 1. The van der Waals surface area contributed by atoms with Crippen molar-refractivity contribution in [1.82, 2.24) is 34.7 Å². The van der Waals surface area contributed by atoms with Crippen LogP contribution in [0.1, 0.15) is 22.8 Å². The number of H-pyrrole nitrogens is 1. The van der Waals surface area contributed by atoms with Crippen LogP contribution in [0.15, 0.2) is 59.2 Å². The zero-order valence-corrected chi connectivity index (χ0v) is 19.0. The summed E-state index contributed by atoms with van der Waals surface area (Å²) < 4.78 is 10.4. The van der Waals surface area contributed by atoms with Crippen molar-refractivity contribution in [3.8, 4) is 23.2 Å². The molecular formula is C22H18BrN7O3. The number of para-hydroxylation sites is 1. The van der Waals surface area contributed by atoms with E-state index >= 15 is 0 Å². The van der Waals surface area contributed by atoms with Gasteiger partial charge in [-0.3, -0.25) is 4.57 Å². The van der Waals surface area contributed by atoms with Crippen LogP contribution in [0.3, 0.4) is 0 Å². The van der Waals surface area contributed by atoms with Crippen molar-refractivity contribution < 1.29 is 14.6 Å². The predicted molar refractivity (Wildman–Crippen MR) is 124 cm³/mol. The number of hydrogen-bond acceptors (Lipinski definition) is 6. The van der Waals surface area contributed by atoms with Gasteiger partial charge in [0, 0.05) is 16.4 Å². The molecule has 0 atom stereocenters. The Kier molecular flexibility index (Phi) is 5.38. The van der Waals surface area contributed by atoms with Crippen molar-refractivity contribution in [2.75, 3.05) is 6.61 Å². The van der Waals surface area contributed by atoms with Gasteiger partial charge >= 0.3 is 5.97 Å². The molecule has 11 heteroatoms. The number of ether oxygens (including phenoxy) is 1. The zero-order valence-electron chi connectivity index (χ0n) is 17.4. The number of carbonyl (C=O) groups is 1. The summed E-state index contributed by atoms with van der Waals surface area (Å²) in [7, 11) is 0. The molecule has 0 fully saturated rings. The first-order valence-corrected chi connectivity index (χ1v) is 10.9. The number of aromatic carboxylic acids is 1. The molecule has 0 amide bonds. The fourth-order valence-corrected chi connectivity index (χ4v) is 4.18. The number of carboxylic acids is 1. The van der Waals surface area contributed by atoms with E-state index in [4.69, 9.17) is 4.74 Å². The van der Waals surface area contributed by atoms with Crippen LogP contribution in [0.5, 0.6) is 6.01 Å². The van der Waals surface area contributed by atoms with Crippen LogP contribution in [-0.4, -0.2) is 52.4 Å². The molecule has 0 aliphatic heterocycles. The van der Waals surface area contributed by atoms with Gasteiger partial charge in [-0.15, -0.1) is 5.10 Å². The summed E-state index contributed by atoms with van der Waals surface area (Å²) in [5, 5.41) is 23.8. The van der Waals surface area contributed by atoms with Gasteiger partial charge in [-0.1, -0.05) is 18.2 Å². The van der Waals surface area contributed by atoms with E-state index in [2.05, 4.69) is 41.5 Å². The Bertz CT molecular complexity index is 1440. The first kappa shape index (κ1) is 20.9. The van der Waals surface area contributed by atoms with Crippen LogP contribution in [0.2, 0.25) is 0 Å². The summed E-state index contributed by atoms with van der Waals surface area (Å²) in [6, 6.07) is 15.3. The maximum Gasteiger partial charge on any atom is 0.337 e. The Morgan fingerprint density at radius 2 is 2.03 bits per heavy atom. The lowest BCUT2D eigenvalue weighted by atomic mass is 10.1. The second-order valence-corrected chi connectivity index (χ2v) is 8.14. The molecule has 0 spiro atoms. The van der Waals surface area contributed by atoms with Gasteiger partial charge in [0.1, 0.15) is 0 Å². The third-order valence-corrected chi connectivity index (χ3v) is 5.60. The van der Waals surface area contributed by atoms with Gasteiger partial charge in [-0.25, -0.2) is 9.89 Å². The highest BCUT2D eigenvalue weighted by Crippen LogP contribution is 2.28. The summed E-state index contributed by atoms with van der Waals surface area (Å²) >= 11 is 3.51. The minimum absolute atomic E-state index is 0.185. The third-order valence-electron chi connectivity index (χ3n) is 5.17. The molecule has 0 bridgehead atoms. The monoisotopic (exact) mass is 507 g/mol. The van der Waals surface area contributed by atoms with Crippen molar-refractivity contribution in [3.05, 3.63) is 70.3 Å². The van der Waals surface area contributed by atoms with Crippen molar-refractivity contribution in [3.63, 3.8) is 0 Å². The summed E-state index contributed by atoms with van der Waals surface area (Å²) in [6.07, 6.45) is 1.93. The molecule has 3 aromatic heterocycles. The van der Waals surface area contributed by atoms with E-state index in [1.165, 1.54) is 0 Å². The van der Waals surface area contributed by atoms with E-state index in [1.807, 2.05) is 48.0 Å². The molecule has 5 aromatic rings. The molecule has 5 rings (SSSR count). The van der Waals surface area contributed by atoms with E-state index in [0.717, 1.165) is 21.4 Å². The Labute approximate surface area is 196 Å². The standard InChI is InChI=1S/C22H18BrN7O3/c1-2-33-22-24-17-5-3-4-16(21(31)32)19(17)30(22)11-13-6-8-15(9-7-13)29-12-14(23)10-18(29)20-25-27-28-26-20/h3-10,12H,2,11H2,1H3,(H,31,32)(H,25,26,27,28). The number of nitrogens with zero attached hydrogens (tertiary/aromatic N) is 6. The van der Waals surface area contributed by atoms with Crippen LogP contribution < -0.4 is 4.74 Å². The van der Waals surface area contributed by atoms with Gasteiger partial charge in [-0.2, -0.15) is 4.98 Å². The first-order chi connectivity index (χ1) is 16.0. The topological polar surface area (TPSA) is 124 Å². The predicted octanol–water partition coefficient (Wildman–Crippen LogP) is 3.91. The average Bonchev–Trinajstić information content (AvgIpc) is 3.54. The highest BCUT2D eigenvalue weighted by Gasteiger charge is 2.19. The Balaban J connectivity index is 1.52. The Morgan fingerprint density at radius 3 is 2.73 bits per heavy atom. The van der Waals surface area contributed by atoms with Crippen LogP contribution in [-0.2, 0) is 6.54 Å². The minimum Gasteiger partial charge on any atom is -0.478 e. The molecule has 10 nitrogen and oxygen atoms in total. The molecule has 2 aromatic carbocycles. The molecule has 166 valence electrons. The molecule has 0 saturated heterocycles. The maximum absolute atomic E-state index is 11.8. The fraction of sp³-hybridized carbons (Fsp3) is 0.136. The maximum atomic E-state index is 11.8. The van der Waals surface area contributed by atoms with Gasteiger partial charge in [0.05, 0.1) is 35.4 Å². The first-order valence-electron chi connectivity index (χ1n) is 10.1. The number of benzene rings is 2. The molecule has 0 unspecified atom stereocenters. The van der Waals surface area contributed by atoms with Gasteiger partial charge < -0.3 is 14.4 Å². The number of nitrogens with one attached hydrogen (secondary N) is 1. The molecular weight excluding hydrogens is 490 g/mol. The lowest BCUT2D eigenvalue weighted by molar-refractivity contribution is 0.0698. The van der Waals surface area contributed by atoms with E-state index in [9.17, 15) is 9.90 Å². The lowest BCUT2D eigenvalue weighted by Gasteiger charge is -2.12. The molecule has 33 heavy (non-hydrogen) atoms. The molecule has 0 aliphatic carbocycles. The number of carboxylic acid groups (broad SMARTS) is 1. The van der Waals surface area contributed by atoms with Gasteiger partial charge in [-0.05, 0) is 69.2 Å². The fourth-order valence-electron chi connectivity index (χ4n) is 3.76. The molecule has 0 radical (unpaired) electrons. The van der Waals surface area contributed by atoms with E-state index in [1.54, 1.807) is 22.8 Å². The summed E-state index contributed by atoms with van der Waals surface area (Å²) in [4.78, 5) is 16.3. The number of halogens is 1. The van der Waals surface area contributed by atoms with Gasteiger partial charge in [0.2, 0.25) is 0 Å². The van der Waals surface area contributed by atoms with Crippen molar-refractivity contribution in [2.45, 2.75) is 13.5 Å². The third kappa shape index (κ3) is 3.87. The van der Waals surface area contributed by atoms with E-state index < -0.39 is 5.97 Å².